The monoisotopic (exact) mass is 253 g/mol. The average Bonchev–Trinajstić information content (AvgIpc) is 2.94. The summed E-state index contributed by atoms with van der Waals surface area (Å²) < 4.78 is 7.04. The van der Waals surface area contributed by atoms with Crippen LogP contribution in [0.1, 0.15) is 20.8 Å². The van der Waals surface area contributed by atoms with Crippen LogP contribution in [0.4, 0.5) is 4.79 Å². The van der Waals surface area contributed by atoms with Crippen LogP contribution in [0.3, 0.4) is 0 Å². The minimum Gasteiger partial charge on any atom is -0.465 e. The van der Waals surface area contributed by atoms with E-state index in [-0.39, 0.29) is 12.1 Å². The Bertz CT molecular complexity index is 407. The third-order valence-corrected chi connectivity index (χ3v) is 2.98. The molecule has 1 N–H and O–H groups in total. The second-order valence-electron chi connectivity index (χ2n) is 5.49. The van der Waals surface area contributed by atoms with Crippen molar-refractivity contribution in [2.24, 2.45) is 0 Å². The Morgan fingerprint density at radius 2 is 2.33 bits per heavy atom. The topological polar surface area (TPSA) is 70.9 Å². The molecule has 1 aromatic rings. The Labute approximate surface area is 106 Å². The van der Waals surface area contributed by atoms with E-state index in [0.29, 0.717) is 13.2 Å². The molecule has 0 spiro atoms. The van der Waals surface area contributed by atoms with E-state index < -0.39 is 11.6 Å². The van der Waals surface area contributed by atoms with Crippen LogP contribution < -0.4 is 0 Å². The highest BCUT2D eigenvalue weighted by Gasteiger charge is 2.43. The number of carbonyl (C=O) groups is 1. The maximum absolute atomic E-state index is 11.5. The lowest BCUT2D eigenvalue weighted by atomic mass is 10.0. The lowest BCUT2D eigenvalue weighted by Gasteiger charge is -2.39. The summed E-state index contributed by atoms with van der Waals surface area (Å²) in [7, 11) is 0. The van der Waals surface area contributed by atoms with Crippen LogP contribution in [0, 0.1) is 0 Å². The molecule has 0 aromatic carbocycles. The number of amides is 1. The summed E-state index contributed by atoms with van der Waals surface area (Å²) in [4.78, 5) is 13.0. The zero-order valence-corrected chi connectivity index (χ0v) is 10.9. The van der Waals surface area contributed by atoms with Gasteiger partial charge in [0.05, 0.1) is 19.2 Å². The van der Waals surface area contributed by atoms with E-state index in [1.807, 2.05) is 33.0 Å². The molecule has 6 nitrogen and oxygen atoms in total. The Morgan fingerprint density at radius 1 is 1.67 bits per heavy atom. The number of rotatable bonds is 4. The predicted molar refractivity (Wildman–Crippen MR) is 65.4 cm³/mol. The van der Waals surface area contributed by atoms with Crippen LogP contribution in [0.15, 0.2) is 18.5 Å². The second-order valence-corrected chi connectivity index (χ2v) is 5.49. The second kappa shape index (κ2) is 4.61. The standard InChI is InChI=1S/C12H19N3O3/c1-12(2,3)15(11(16)17)9(10-8-18-10)7-14-6-4-5-13-14/h4-6,9-10H,7-8H2,1-3H3,(H,16,17)/t9-,10?/m0/s1. The van der Waals surface area contributed by atoms with Crippen molar-refractivity contribution < 1.29 is 14.6 Å². The van der Waals surface area contributed by atoms with Gasteiger partial charge in [0.15, 0.2) is 0 Å². The quantitative estimate of drug-likeness (QED) is 0.824. The van der Waals surface area contributed by atoms with Crippen molar-refractivity contribution in [3.05, 3.63) is 18.5 Å². The van der Waals surface area contributed by atoms with Gasteiger partial charge >= 0.3 is 6.09 Å². The first-order valence-corrected chi connectivity index (χ1v) is 6.01. The molecule has 0 aliphatic carbocycles. The summed E-state index contributed by atoms with van der Waals surface area (Å²) in [5, 5.41) is 13.6. The van der Waals surface area contributed by atoms with Crippen LogP contribution in [-0.2, 0) is 11.3 Å². The van der Waals surface area contributed by atoms with Gasteiger partial charge in [0.25, 0.3) is 0 Å². The highest BCUT2D eigenvalue weighted by molar-refractivity contribution is 5.66. The van der Waals surface area contributed by atoms with E-state index in [1.54, 1.807) is 10.9 Å². The van der Waals surface area contributed by atoms with Crippen molar-refractivity contribution in [1.29, 1.82) is 0 Å². The van der Waals surface area contributed by atoms with E-state index in [0.717, 1.165) is 0 Å². The fourth-order valence-corrected chi connectivity index (χ4v) is 2.17. The molecule has 1 amide bonds. The number of carboxylic acid groups (broad SMARTS) is 1. The minimum atomic E-state index is -0.921. The van der Waals surface area contributed by atoms with Crippen molar-refractivity contribution in [2.45, 2.75) is 45.0 Å². The SMILES string of the molecule is CC(C)(C)N(C(=O)O)[C@@H](Cn1cccn1)C1CO1. The maximum Gasteiger partial charge on any atom is 0.408 e. The molecule has 1 aliphatic rings. The van der Waals surface area contributed by atoms with Crippen LogP contribution in [0.5, 0.6) is 0 Å². The fourth-order valence-electron chi connectivity index (χ4n) is 2.17. The molecule has 0 saturated carbocycles. The van der Waals surface area contributed by atoms with E-state index >= 15 is 0 Å². The minimum absolute atomic E-state index is 0.0236. The summed E-state index contributed by atoms with van der Waals surface area (Å²) in [6.45, 7) is 6.80. The van der Waals surface area contributed by atoms with Gasteiger partial charge in [-0.05, 0) is 26.8 Å². The highest BCUT2D eigenvalue weighted by Crippen LogP contribution is 2.27. The molecule has 18 heavy (non-hydrogen) atoms. The molecule has 0 radical (unpaired) electrons. The smallest absolute Gasteiger partial charge is 0.408 e. The number of ether oxygens (including phenoxy) is 1. The molecule has 1 aromatic heterocycles. The van der Waals surface area contributed by atoms with Gasteiger partial charge in [-0.2, -0.15) is 5.10 Å². The van der Waals surface area contributed by atoms with Gasteiger partial charge in [-0.15, -0.1) is 0 Å². The summed E-state index contributed by atoms with van der Waals surface area (Å²) >= 11 is 0. The van der Waals surface area contributed by atoms with Gasteiger partial charge in [0, 0.05) is 17.9 Å². The van der Waals surface area contributed by atoms with E-state index in [1.165, 1.54) is 4.90 Å². The molecule has 1 fully saturated rings. The predicted octanol–water partition coefficient (Wildman–Crippen LogP) is 1.43. The normalized spacial score (nSPS) is 20.5. The molecule has 0 bridgehead atoms. The Kier molecular flexibility index (Phi) is 3.30. The molecule has 6 heteroatoms. The van der Waals surface area contributed by atoms with Crippen LogP contribution in [-0.4, -0.2) is 50.2 Å². The Morgan fingerprint density at radius 3 is 2.72 bits per heavy atom. The van der Waals surface area contributed by atoms with Crippen LogP contribution in [0.2, 0.25) is 0 Å². The van der Waals surface area contributed by atoms with Crippen molar-refractivity contribution in [2.75, 3.05) is 6.61 Å². The lowest BCUT2D eigenvalue weighted by molar-refractivity contribution is 0.0517. The Balaban J connectivity index is 2.19. The molecule has 2 heterocycles. The van der Waals surface area contributed by atoms with Crippen molar-refractivity contribution in [1.82, 2.24) is 14.7 Å². The zero-order chi connectivity index (χ0) is 13.3. The van der Waals surface area contributed by atoms with Gasteiger partial charge in [0.2, 0.25) is 0 Å². The van der Waals surface area contributed by atoms with Gasteiger partial charge in [-0.1, -0.05) is 0 Å². The molecule has 2 atom stereocenters. The molecule has 1 unspecified atom stereocenters. The molecular formula is C12H19N3O3. The van der Waals surface area contributed by atoms with Crippen molar-refractivity contribution >= 4 is 6.09 Å². The third kappa shape index (κ3) is 2.81. The number of nitrogens with zero attached hydrogens (tertiary/aromatic N) is 3. The number of aromatic nitrogens is 2. The first kappa shape index (κ1) is 12.9. The van der Waals surface area contributed by atoms with E-state index in [2.05, 4.69) is 5.10 Å². The van der Waals surface area contributed by atoms with Crippen molar-refractivity contribution in [3.8, 4) is 0 Å². The summed E-state index contributed by atoms with van der Waals surface area (Å²) in [6.07, 6.45) is 2.57. The summed E-state index contributed by atoms with van der Waals surface area (Å²) in [5.74, 6) is 0. The van der Waals surface area contributed by atoms with Gasteiger partial charge < -0.3 is 9.84 Å². The molecule has 100 valence electrons. The zero-order valence-electron chi connectivity index (χ0n) is 10.9. The lowest BCUT2D eigenvalue weighted by Crippen LogP contribution is -2.54. The first-order chi connectivity index (χ1) is 8.39. The Hall–Kier alpha value is -1.56. The van der Waals surface area contributed by atoms with Crippen molar-refractivity contribution in [3.63, 3.8) is 0 Å². The highest BCUT2D eigenvalue weighted by atomic mass is 16.6. The van der Waals surface area contributed by atoms with Gasteiger partial charge in [-0.3, -0.25) is 9.58 Å². The maximum atomic E-state index is 11.5. The van der Waals surface area contributed by atoms with Gasteiger partial charge in [-0.25, -0.2) is 4.79 Å². The summed E-state index contributed by atoms with van der Waals surface area (Å²) in [6, 6.07) is 1.62. The van der Waals surface area contributed by atoms with Gasteiger partial charge in [0.1, 0.15) is 6.10 Å². The summed E-state index contributed by atoms with van der Waals surface area (Å²) in [5.41, 5.74) is -0.463. The largest absolute Gasteiger partial charge is 0.465 e. The number of hydrogen-bond acceptors (Lipinski definition) is 3. The number of hydrogen-bond donors (Lipinski definition) is 1. The fraction of sp³-hybridized carbons (Fsp3) is 0.667. The molecule has 1 saturated heterocycles. The number of epoxide rings is 1. The third-order valence-electron chi connectivity index (χ3n) is 2.98. The first-order valence-electron chi connectivity index (χ1n) is 6.01. The molecule has 2 rings (SSSR count). The van der Waals surface area contributed by atoms with E-state index in [4.69, 9.17) is 4.74 Å². The van der Waals surface area contributed by atoms with E-state index in [9.17, 15) is 9.90 Å². The van der Waals surface area contributed by atoms with Crippen LogP contribution in [0.25, 0.3) is 0 Å². The molecule has 1 aliphatic heterocycles. The molecular weight excluding hydrogens is 234 g/mol. The van der Waals surface area contributed by atoms with Crippen LogP contribution >= 0.6 is 0 Å². The average molecular weight is 253 g/mol.